The van der Waals surface area contributed by atoms with Gasteiger partial charge in [-0.25, -0.2) is 0 Å². The van der Waals surface area contributed by atoms with E-state index >= 15 is 0 Å². The number of rotatable bonds is 2. The molecular weight excluding hydrogens is 252 g/mol. The van der Waals surface area contributed by atoms with Crippen LogP contribution in [0.4, 0.5) is 0 Å². The Balaban J connectivity index is 2.19. The van der Waals surface area contributed by atoms with Crippen LogP contribution in [0, 0.1) is 11.3 Å². The highest BCUT2D eigenvalue weighted by Crippen LogP contribution is 2.27. The second-order valence-corrected chi connectivity index (χ2v) is 5.83. The molecule has 0 N–H and O–H groups in total. The van der Waals surface area contributed by atoms with Crippen LogP contribution in [-0.2, 0) is 4.74 Å². The van der Waals surface area contributed by atoms with E-state index in [1.54, 1.807) is 29.2 Å². The summed E-state index contributed by atoms with van der Waals surface area (Å²) < 4.78 is 5.69. The molecule has 0 radical (unpaired) electrons. The molecule has 4 heteroatoms. The Bertz CT molecular complexity index is 546. The number of benzene rings is 1. The summed E-state index contributed by atoms with van der Waals surface area (Å²) >= 11 is 0. The van der Waals surface area contributed by atoms with Crippen molar-refractivity contribution in [2.75, 3.05) is 13.7 Å². The summed E-state index contributed by atoms with van der Waals surface area (Å²) in [6.45, 7) is 4.75. The van der Waals surface area contributed by atoms with E-state index in [-0.39, 0.29) is 17.6 Å². The van der Waals surface area contributed by atoms with Gasteiger partial charge in [0.2, 0.25) is 0 Å². The Labute approximate surface area is 120 Å². The number of hydrogen-bond acceptors (Lipinski definition) is 3. The van der Waals surface area contributed by atoms with E-state index in [4.69, 9.17) is 10.00 Å². The van der Waals surface area contributed by atoms with Crippen LogP contribution < -0.4 is 0 Å². The Morgan fingerprint density at radius 2 is 2.15 bits per heavy atom. The monoisotopic (exact) mass is 272 g/mol. The molecule has 1 amide bonds. The third kappa shape index (κ3) is 3.00. The molecule has 1 aliphatic rings. The molecule has 1 aliphatic heterocycles. The van der Waals surface area contributed by atoms with Crippen LogP contribution in [0.2, 0.25) is 0 Å². The van der Waals surface area contributed by atoms with Crippen molar-refractivity contribution in [1.29, 1.82) is 5.26 Å². The summed E-state index contributed by atoms with van der Waals surface area (Å²) in [6.07, 6.45) is 1.64. The van der Waals surface area contributed by atoms with Crippen molar-refractivity contribution in [1.82, 2.24) is 4.90 Å². The quantitative estimate of drug-likeness (QED) is 0.831. The molecule has 1 heterocycles. The first-order valence-electron chi connectivity index (χ1n) is 6.85. The molecule has 1 fully saturated rings. The molecule has 0 aromatic heterocycles. The highest BCUT2D eigenvalue weighted by Gasteiger charge is 2.33. The lowest BCUT2D eigenvalue weighted by atomic mass is 9.92. The first-order chi connectivity index (χ1) is 9.44. The summed E-state index contributed by atoms with van der Waals surface area (Å²) in [5, 5.41) is 9.10. The van der Waals surface area contributed by atoms with Gasteiger partial charge in [-0.2, -0.15) is 5.26 Å². The van der Waals surface area contributed by atoms with Crippen molar-refractivity contribution < 1.29 is 9.53 Å². The van der Waals surface area contributed by atoms with Crippen molar-refractivity contribution in [3.05, 3.63) is 35.4 Å². The van der Waals surface area contributed by atoms with Gasteiger partial charge in [-0.15, -0.1) is 0 Å². The zero-order chi connectivity index (χ0) is 14.8. The lowest BCUT2D eigenvalue weighted by Crippen LogP contribution is -2.46. The molecule has 0 aliphatic carbocycles. The Morgan fingerprint density at radius 1 is 1.45 bits per heavy atom. The number of carbonyl (C=O) groups is 1. The van der Waals surface area contributed by atoms with Crippen LogP contribution in [-0.4, -0.2) is 36.1 Å². The lowest BCUT2D eigenvalue weighted by molar-refractivity contribution is -0.0756. The van der Waals surface area contributed by atoms with Gasteiger partial charge in [0.05, 0.1) is 22.8 Å². The van der Waals surface area contributed by atoms with Crippen molar-refractivity contribution in [3.8, 4) is 6.07 Å². The maximum atomic E-state index is 12.6. The highest BCUT2D eigenvalue weighted by atomic mass is 16.5. The summed E-state index contributed by atoms with van der Waals surface area (Å²) in [4.78, 5) is 14.3. The zero-order valence-corrected chi connectivity index (χ0v) is 12.2. The van der Waals surface area contributed by atoms with Gasteiger partial charge in [0, 0.05) is 19.7 Å². The van der Waals surface area contributed by atoms with Gasteiger partial charge in [0.1, 0.15) is 0 Å². The lowest BCUT2D eigenvalue weighted by Gasteiger charge is -2.39. The maximum Gasteiger partial charge on any atom is 0.255 e. The molecule has 1 unspecified atom stereocenters. The van der Waals surface area contributed by atoms with Gasteiger partial charge in [-0.3, -0.25) is 4.79 Å². The van der Waals surface area contributed by atoms with E-state index in [0.717, 1.165) is 12.8 Å². The van der Waals surface area contributed by atoms with E-state index in [0.29, 0.717) is 17.7 Å². The van der Waals surface area contributed by atoms with Crippen LogP contribution >= 0.6 is 0 Å². The minimum Gasteiger partial charge on any atom is -0.375 e. The van der Waals surface area contributed by atoms with Gasteiger partial charge in [-0.1, -0.05) is 12.1 Å². The molecule has 1 aromatic carbocycles. The van der Waals surface area contributed by atoms with Crippen molar-refractivity contribution in [2.24, 2.45) is 0 Å². The van der Waals surface area contributed by atoms with Crippen molar-refractivity contribution in [3.63, 3.8) is 0 Å². The van der Waals surface area contributed by atoms with E-state index in [2.05, 4.69) is 6.07 Å². The molecule has 4 nitrogen and oxygen atoms in total. The topological polar surface area (TPSA) is 53.3 Å². The average molecular weight is 272 g/mol. The molecule has 0 spiro atoms. The predicted molar refractivity (Wildman–Crippen MR) is 76.3 cm³/mol. The number of nitriles is 1. The minimum atomic E-state index is -0.202. The SMILES string of the molecule is CN(C(=O)c1ccccc1C#N)C1CCOC(C)(C)C1. The predicted octanol–water partition coefficient (Wildman–Crippen LogP) is 2.59. The summed E-state index contributed by atoms with van der Waals surface area (Å²) in [7, 11) is 1.81. The standard InChI is InChI=1S/C16H20N2O2/c1-16(2)10-13(8-9-20-16)18(3)15(19)14-7-5-4-6-12(14)11-17/h4-7,13H,8-10H2,1-3H3. The van der Waals surface area contributed by atoms with Gasteiger partial charge < -0.3 is 9.64 Å². The van der Waals surface area contributed by atoms with Gasteiger partial charge in [0.25, 0.3) is 5.91 Å². The number of ether oxygens (including phenoxy) is 1. The summed E-state index contributed by atoms with van der Waals surface area (Å²) in [5.74, 6) is -0.0927. The van der Waals surface area contributed by atoms with Crippen molar-refractivity contribution in [2.45, 2.75) is 38.3 Å². The van der Waals surface area contributed by atoms with Gasteiger partial charge in [-0.05, 0) is 38.8 Å². The second kappa shape index (κ2) is 5.64. The third-order valence-corrected chi connectivity index (χ3v) is 3.82. The van der Waals surface area contributed by atoms with Crippen LogP contribution in [0.25, 0.3) is 0 Å². The smallest absolute Gasteiger partial charge is 0.255 e. The molecule has 20 heavy (non-hydrogen) atoms. The summed E-state index contributed by atoms with van der Waals surface area (Å²) in [6, 6.07) is 9.17. The molecule has 0 bridgehead atoms. The molecule has 106 valence electrons. The molecule has 1 aromatic rings. The Kier molecular flexibility index (Phi) is 4.10. The first kappa shape index (κ1) is 14.5. The van der Waals surface area contributed by atoms with Gasteiger partial charge in [0.15, 0.2) is 0 Å². The zero-order valence-electron chi connectivity index (χ0n) is 12.2. The molecule has 0 saturated carbocycles. The minimum absolute atomic E-state index is 0.0927. The summed E-state index contributed by atoms with van der Waals surface area (Å²) in [5.41, 5.74) is 0.698. The fraction of sp³-hybridized carbons (Fsp3) is 0.500. The third-order valence-electron chi connectivity index (χ3n) is 3.82. The fourth-order valence-corrected chi connectivity index (χ4v) is 2.65. The maximum absolute atomic E-state index is 12.6. The number of nitrogens with zero attached hydrogens (tertiary/aromatic N) is 2. The number of carbonyl (C=O) groups excluding carboxylic acids is 1. The first-order valence-corrected chi connectivity index (χ1v) is 6.85. The average Bonchev–Trinajstić information content (AvgIpc) is 2.44. The van der Waals surface area contributed by atoms with Gasteiger partial charge >= 0.3 is 0 Å². The molecule has 1 atom stereocenters. The highest BCUT2D eigenvalue weighted by molar-refractivity contribution is 5.96. The normalized spacial score (nSPS) is 21.0. The van der Waals surface area contributed by atoms with Crippen LogP contribution in [0.1, 0.15) is 42.6 Å². The van der Waals surface area contributed by atoms with E-state index in [9.17, 15) is 4.79 Å². The Morgan fingerprint density at radius 3 is 2.80 bits per heavy atom. The van der Waals surface area contributed by atoms with E-state index in [1.165, 1.54) is 0 Å². The number of hydrogen-bond donors (Lipinski definition) is 0. The van der Waals surface area contributed by atoms with E-state index < -0.39 is 0 Å². The van der Waals surface area contributed by atoms with Crippen LogP contribution in [0.5, 0.6) is 0 Å². The molecular formula is C16H20N2O2. The van der Waals surface area contributed by atoms with Crippen molar-refractivity contribution >= 4 is 5.91 Å². The molecule has 1 saturated heterocycles. The second-order valence-electron chi connectivity index (χ2n) is 5.83. The van der Waals surface area contributed by atoms with Crippen LogP contribution in [0.3, 0.4) is 0 Å². The Hall–Kier alpha value is -1.86. The molecule has 2 rings (SSSR count). The largest absolute Gasteiger partial charge is 0.375 e. The fourth-order valence-electron chi connectivity index (χ4n) is 2.65. The van der Waals surface area contributed by atoms with E-state index in [1.807, 2.05) is 20.9 Å². The van der Waals surface area contributed by atoms with Crippen LogP contribution in [0.15, 0.2) is 24.3 Å². The number of amides is 1.